The molecule has 0 aliphatic carbocycles. The predicted molar refractivity (Wildman–Crippen MR) is 135 cm³/mol. The van der Waals surface area contributed by atoms with Gasteiger partial charge in [0.25, 0.3) is 11.5 Å². The van der Waals surface area contributed by atoms with Crippen LogP contribution < -0.4 is 21.3 Å². The highest BCUT2D eigenvalue weighted by Gasteiger charge is 2.18. The molecular weight excluding hydrogens is 448 g/mol. The van der Waals surface area contributed by atoms with E-state index < -0.39 is 5.56 Å². The zero-order valence-electron chi connectivity index (χ0n) is 18.2. The number of aryl methyl sites for hydroxylation is 1. The van der Waals surface area contributed by atoms with Crippen molar-refractivity contribution in [3.63, 3.8) is 0 Å². The van der Waals surface area contributed by atoms with Crippen LogP contribution in [0.25, 0.3) is 16.0 Å². The third kappa shape index (κ3) is 4.14. The van der Waals surface area contributed by atoms with Gasteiger partial charge in [0.15, 0.2) is 5.82 Å². The second-order valence-electron chi connectivity index (χ2n) is 7.62. The smallest absolute Gasteiger partial charge is 0.298 e. The molecule has 0 unspecified atom stereocenters. The van der Waals surface area contributed by atoms with Gasteiger partial charge in [-0.05, 0) is 48.9 Å². The summed E-state index contributed by atoms with van der Waals surface area (Å²) in [6.07, 6.45) is 0. The average molecular weight is 469 g/mol. The normalized spacial score (nSPS) is 10.9. The number of ether oxygens (including phenoxy) is 1. The molecule has 34 heavy (non-hydrogen) atoms. The van der Waals surface area contributed by atoms with Crippen LogP contribution in [-0.2, 0) is 0 Å². The van der Waals surface area contributed by atoms with E-state index in [-0.39, 0.29) is 11.7 Å². The fourth-order valence-electron chi connectivity index (χ4n) is 3.53. The Morgan fingerprint density at radius 2 is 1.71 bits per heavy atom. The average Bonchev–Trinajstić information content (AvgIpc) is 3.26. The molecule has 0 saturated heterocycles. The van der Waals surface area contributed by atoms with Crippen LogP contribution in [0.3, 0.4) is 0 Å². The zero-order valence-corrected chi connectivity index (χ0v) is 19.0. The maximum atomic E-state index is 13.0. The Balaban J connectivity index is 1.58. The standard InChI is InChI=1S/C26H20N4O3S/c1-16-12-13-18(14-21(16)33-19-10-6-3-7-11-19)30-20-15-22(34-25(20)29-23(27)26(30)32)24(31)28-17-8-4-2-5-9-17/h2-15H,1H3,(H2,27,29)(H,28,31). The number of thiophene rings is 1. The van der Waals surface area contributed by atoms with E-state index >= 15 is 0 Å². The highest BCUT2D eigenvalue weighted by atomic mass is 32.1. The number of nitrogens with one attached hydrogen (secondary N) is 1. The number of hydrogen-bond acceptors (Lipinski definition) is 6. The Labute approximate surface area is 199 Å². The van der Waals surface area contributed by atoms with Gasteiger partial charge >= 0.3 is 0 Å². The van der Waals surface area contributed by atoms with Crippen molar-refractivity contribution in [3.05, 3.63) is 106 Å². The third-order valence-corrected chi connectivity index (χ3v) is 6.25. The second kappa shape index (κ2) is 8.84. The second-order valence-corrected chi connectivity index (χ2v) is 8.65. The quantitative estimate of drug-likeness (QED) is 0.361. The molecule has 0 bridgehead atoms. The van der Waals surface area contributed by atoms with Crippen molar-refractivity contribution in [2.45, 2.75) is 6.92 Å². The summed E-state index contributed by atoms with van der Waals surface area (Å²) in [5.74, 6) is 0.862. The molecule has 0 atom stereocenters. The van der Waals surface area contributed by atoms with Crippen molar-refractivity contribution >= 4 is 39.1 Å². The van der Waals surface area contributed by atoms with Gasteiger partial charge in [-0.25, -0.2) is 4.98 Å². The lowest BCUT2D eigenvalue weighted by molar-refractivity contribution is 0.103. The zero-order chi connectivity index (χ0) is 23.7. The molecule has 0 fully saturated rings. The monoisotopic (exact) mass is 468 g/mol. The molecule has 8 heteroatoms. The molecule has 0 aliphatic heterocycles. The summed E-state index contributed by atoms with van der Waals surface area (Å²) >= 11 is 1.17. The Kier molecular flexibility index (Phi) is 5.57. The summed E-state index contributed by atoms with van der Waals surface area (Å²) in [6, 6.07) is 25.7. The van der Waals surface area contributed by atoms with E-state index in [9.17, 15) is 9.59 Å². The molecule has 0 radical (unpaired) electrons. The topological polar surface area (TPSA) is 99.2 Å². The summed E-state index contributed by atoms with van der Waals surface area (Å²) in [6.45, 7) is 1.93. The van der Waals surface area contributed by atoms with Crippen molar-refractivity contribution in [3.8, 4) is 17.2 Å². The van der Waals surface area contributed by atoms with Gasteiger partial charge in [-0.2, -0.15) is 0 Å². The Bertz CT molecular complexity index is 1560. The van der Waals surface area contributed by atoms with Gasteiger partial charge in [0.05, 0.1) is 16.1 Å². The Hall–Kier alpha value is -4.43. The van der Waals surface area contributed by atoms with Crippen molar-refractivity contribution in [2.24, 2.45) is 0 Å². The predicted octanol–water partition coefficient (Wildman–Crippen LogP) is 5.38. The van der Waals surface area contributed by atoms with E-state index in [2.05, 4.69) is 10.3 Å². The summed E-state index contributed by atoms with van der Waals surface area (Å²) < 4.78 is 7.50. The van der Waals surface area contributed by atoms with E-state index in [0.717, 1.165) is 5.56 Å². The van der Waals surface area contributed by atoms with Crippen molar-refractivity contribution in [1.82, 2.24) is 9.55 Å². The number of nitrogens with zero attached hydrogens (tertiary/aromatic N) is 2. The SMILES string of the molecule is Cc1ccc(-n2c(=O)c(N)nc3sc(C(=O)Nc4ccccc4)cc32)cc1Oc1ccccc1. The number of hydrogen-bond donors (Lipinski definition) is 2. The minimum absolute atomic E-state index is 0.143. The van der Waals surface area contributed by atoms with E-state index in [1.807, 2.05) is 67.6 Å². The number of benzene rings is 3. The molecule has 0 spiro atoms. The number of carbonyl (C=O) groups excluding carboxylic acids is 1. The number of nitrogens with two attached hydrogens (primary N) is 1. The number of para-hydroxylation sites is 2. The van der Waals surface area contributed by atoms with E-state index in [1.54, 1.807) is 24.3 Å². The molecule has 0 aliphatic rings. The van der Waals surface area contributed by atoms with Gasteiger partial charge in [-0.1, -0.05) is 42.5 Å². The van der Waals surface area contributed by atoms with Gasteiger partial charge in [0, 0.05) is 11.8 Å². The molecule has 7 nitrogen and oxygen atoms in total. The highest BCUT2D eigenvalue weighted by molar-refractivity contribution is 7.20. The van der Waals surface area contributed by atoms with E-state index in [1.165, 1.54) is 15.9 Å². The summed E-state index contributed by atoms with van der Waals surface area (Å²) in [5, 5.41) is 2.86. The van der Waals surface area contributed by atoms with Gasteiger partial charge in [0.1, 0.15) is 16.3 Å². The summed E-state index contributed by atoms with van der Waals surface area (Å²) in [7, 11) is 0. The molecule has 5 rings (SSSR count). The van der Waals surface area contributed by atoms with Crippen LogP contribution in [0.5, 0.6) is 11.5 Å². The fraction of sp³-hybridized carbons (Fsp3) is 0.0385. The molecule has 5 aromatic rings. The molecule has 0 saturated carbocycles. The lowest BCUT2D eigenvalue weighted by atomic mass is 10.2. The van der Waals surface area contributed by atoms with Gasteiger partial charge in [-0.3, -0.25) is 14.2 Å². The van der Waals surface area contributed by atoms with Gasteiger partial charge < -0.3 is 15.8 Å². The number of aromatic nitrogens is 2. The van der Waals surface area contributed by atoms with Crippen molar-refractivity contribution in [2.75, 3.05) is 11.1 Å². The molecular formula is C26H20N4O3S. The number of anilines is 2. The minimum atomic E-state index is -0.463. The third-order valence-electron chi connectivity index (χ3n) is 5.24. The molecule has 2 heterocycles. The maximum absolute atomic E-state index is 13.0. The largest absolute Gasteiger partial charge is 0.457 e. The Morgan fingerprint density at radius 3 is 2.44 bits per heavy atom. The van der Waals surface area contributed by atoms with Gasteiger partial charge in [-0.15, -0.1) is 11.3 Å². The first kappa shape index (κ1) is 21.4. The van der Waals surface area contributed by atoms with Crippen LogP contribution in [-0.4, -0.2) is 15.5 Å². The number of rotatable bonds is 5. The maximum Gasteiger partial charge on any atom is 0.298 e. The number of fused-ring (bicyclic) bond motifs is 1. The van der Waals surface area contributed by atoms with E-state index in [0.29, 0.717) is 38.1 Å². The Morgan fingerprint density at radius 1 is 1.00 bits per heavy atom. The van der Waals surface area contributed by atoms with Crippen LogP contribution in [0.15, 0.2) is 89.7 Å². The van der Waals surface area contributed by atoms with Crippen LogP contribution in [0.4, 0.5) is 11.5 Å². The van der Waals surface area contributed by atoms with E-state index in [4.69, 9.17) is 10.5 Å². The lowest BCUT2D eigenvalue weighted by Crippen LogP contribution is -2.23. The van der Waals surface area contributed by atoms with Crippen LogP contribution in [0, 0.1) is 6.92 Å². The first-order valence-electron chi connectivity index (χ1n) is 10.5. The number of nitrogen functional groups attached to an aromatic ring is 1. The van der Waals surface area contributed by atoms with Crippen molar-refractivity contribution < 1.29 is 9.53 Å². The fourth-order valence-corrected chi connectivity index (χ4v) is 4.45. The molecule has 3 aromatic carbocycles. The van der Waals surface area contributed by atoms with Crippen molar-refractivity contribution in [1.29, 1.82) is 0 Å². The summed E-state index contributed by atoms with van der Waals surface area (Å²) in [4.78, 5) is 31.0. The number of carbonyl (C=O) groups is 1. The number of amides is 1. The van der Waals surface area contributed by atoms with Crippen LogP contribution in [0.1, 0.15) is 15.2 Å². The molecule has 168 valence electrons. The minimum Gasteiger partial charge on any atom is -0.457 e. The molecule has 3 N–H and O–H groups in total. The van der Waals surface area contributed by atoms with Crippen LogP contribution in [0.2, 0.25) is 0 Å². The lowest BCUT2D eigenvalue weighted by Gasteiger charge is -2.13. The highest BCUT2D eigenvalue weighted by Crippen LogP contribution is 2.30. The summed E-state index contributed by atoms with van der Waals surface area (Å²) in [5.41, 5.74) is 8.14. The first-order chi connectivity index (χ1) is 16.5. The molecule has 2 aromatic heterocycles. The van der Waals surface area contributed by atoms with Crippen LogP contribution >= 0.6 is 11.3 Å². The van der Waals surface area contributed by atoms with Gasteiger partial charge in [0.2, 0.25) is 0 Å². The first-order valence-corrected chi connectivity index (χ1v) is 11.3. The molecule has 1 amide bonds.